The lowest BCUT2D eigenvalue weighted by Gasteiger charge is -2.26. The summed E-state index contributed by atoms with van der Waals surface area (Å²) in [6, 6.07) is 5.06. The second-order valence-electron chi connectivity index (χ2n) is 7.18. The minimum Gasteiger partial charge on any atom is -0.341 e. The molecule has 2 aromatic rings. The number of nitrogens with zero attached hydrogens (tertiary/aromatic N) is 4. The molecule has 2 rings (SSSR count). The number of hydrogen-bond acceptors (Lipinski definition) is 5. The molecule has 1 aromatic carbocycles. The normalized spacial score (nSPS) is 11.4. The van der Waals surface area contributed by atoms with Gasteiger partial charge in [-0.2, -0.15) is 0 Å². The number of nitrogen functional groups attached to an aromatic ring is 1. The summed E-state index contributed by atoms with van der Waals surface area (Å²) >= 11 is 13.5. The summed E-state index contributed by atoms with van der Waals surface area (Å²) in [4.78, 5) is 14.5. The van der Waals surface area contributed by atoms with Crippen LogP contribution in [0.15, 0.2) is 23.4 Å². The topological polar surface area (TPSA) is 77.0 Å². The van der Waals surface area contributed by atoms with Gasteiger partial charge in [-0.3, -0.25) is 4.79 Å². The maximum absolute atomic E-state index is 12.6. The van der Waals surface area contributed by atoms with E-state index in [1.165, 1.54) is 16.4 Å². The van der Waals surface area contributed by atoms with E-state index in [-0.39, 0.29) is 11.7 Å². The van der Waals surface area contributed by atoms with Gasteiger partial charge in [0.2, 0.25) is 11.1 Å². The van der Waals surface area contributed by atoms with E-state index >= 15 is 0 Å². The highest BCUT2D eigenvalue weighted by atomic mass is 35.5. The van der Waals surface area contributed by atoms with Crippen molar-refractivity contribution in [2.24, 2.45) is 11.8 Å². The highest BCUT2D eigenvalue weighted by molar-refractivity contribution is 7.99. The second kappa shape index (κ2) is 9.66. The van der Waals surface area contributed by atoms with Crippen molar-refractivity contribution < 1.29 is 4.79 Å². The Bertz CT molecular complexity index is 784. The summed E-state index contributed by atoms with van der Waals surface area (Å²) in [5, 5.41) is 9.65. The summed E-state index contributed by atoms with van der Waals surface area (Å²) in [5.41, 5.74) is 0.596. The van der Waals surface area contributed by atoms with Gasteiger partial charge in [0.05, 0.1) is 10.8 Å². The van der Waals surface area contributed by atoms with Crippen molar-refractivity contribution in [2.45, 2.75) is 32.9 Å². The summed E-state index contributed by atoms with van der Waals surface area (Å²) in [6.07, 6.45) is 0. The smallest absolute Gasteiger partial charge is 0.233 e. The largest absolute Gasteiger partial charge is 0.341 e. The molecule has 0 aliphatic carbocycles. The number of aromatic nitrogens is 3. The Morgan fingerprint density at radius 2 is 1.81 bits per heavy atom. The summed E-state index contributed by atoms with van der Waals surface area (Å²) < 4.78 is 1.34. The molecule has 27 heavy (non-hydrogen) atoms. The molecule has 6 nitrogen and oxygen atoms in total. The van der Waals surface area contributed by atoms with Crippen LogP contribution in [0.2, 0.25) is 10.0 Å². The van der Waals surface area contributed by atoms with Crippen molar-refractivity contribution in [1.82, 2.24) is 19.8 Å². The van der Waals surface area contributed by atoms with Gasteiger partial charge in [0.15, 0.2) is 5.82 Å². The van der Waals surface area contributed by atoms with Gasteiger partial charge in [0, 0.05) is 23.7 Å². The van der Waals surface area contributed by atoms with E-state index in [4.69, 9.17) is 29.0 Å². The zero-order chi connectivity index (χ0) is 20.1. The third kappa shape index (κ3) is 6.02. The van der Waals surface area contributed by atoms with E-state index in [0.29, 0.717) is 38.4 Å². The molecule has 0 radical (unpaired) electrons. The highest BCUT2D eigenvalue weighted by Crippen LogP contribution is 2.30. The van der Waals surface area contributed by atoms with Crippen LogP contribution < -0.4 is 5.84 Å². The fraction of sp³-hybridized carbons (Fsp3) is 0.500. The number of benzene rings is 1. The van der Waals surface area contributed by atoms with Crippen molar-refractivity contribution in [3.63, 3.8) is 0 Å². The number of hydrogen-bond donors (Lipinski definition) is 1. The fourth-order valence-electron chi connectivity index (χ4n) is 2.61. The average molecular weight is 430 g/mol. The van der Waals surface area contributed by atoms with Gasteiger partial charge >= 0.3 is 0 Å². The van der Waals surface area contributed by atoms with Crippen LogP contribution >= 0.6 is 35.0 Å². The van der Waals surface area contributed by atoms with E-state index < -0.39 is 0 Å². The molecular weight excluding hydrogens is 405 g/mol. The first kappa shape index (κ1) is 21.9. The zero-order valence-electron chi connectivity index (χ0n) is 15.9. The third-order valence-corrected chi connectivity index (χ3v) is 5.17. The van der Waals surface area contributed by atoms with E-state index in [0.717, 1.165) is 13.1 Å². The summed E-state index contributed by atoms with van der Waals surface area (Å²) in [6.45, 7) is 9.87. The fourth-order valence-corrected chi connectivity index (χ4v) is 3.74. The molecule has 0 aliphatic rings. The second-order valence-corrected chi connectivity index (χ2v) is 8.96. The number of rotatable bonds is 8. The Morgan fingerprint density at radius 1 is 1.19 bits per heavy atom. The molecular formula is C18H25Cl2N5OS. The highest BCUT2D eigenvalue weighted by Gasteiger charge is 2.20. The monoisotopic (exact) mass is 429 g/mol. The molecule has 0 aliphatic heterocycles. The molecule has 0 atom stereocenters. The Labute approximate surface area is 174 Å². The van der Waals surface area contributed by atoms with E-state index in [1.807, 2.05) is 4.90 Å². The number of thioether (sulfide) groups is 1. The van der Waals surface area contributed by atoms with Crippen LogP contribution in [-0.4, -0.2) is 44.5 Å². The van der Waals surface area contributed by atoms with Gasteiger partial charge in [-0.05, 0) is 30.0 Å². The van der Waals surface area contributed by atoms with Crippen LogP contribution in [0.5, 0.6) is 0 Å². The van der Waals surface area contributed by atoms with Crippen molar-refractivity contribution in [1.29, 1.82) is 0 Å². The molecule has 0 saturated heterocycles. The molecule has 2 N–H and O–H groups in total. The molecule has 9 heteroatoms. The predicted molar refractivity (Wildman–Crippen MR) is 113 cm³/mol. The minimum atomic E-state index is 0.0627. The third-order valence-electron chi connectivity index (χ3n) is 3.68. The maximum Gasteiger partial charge on any atom is 0.233 e. The Balaban J connectivity index is 2.11. The van der Waals surface area contributed by atoms with Crippen molar-refractivity contribution in [3.05, 3.63) is 28.2 Å². The van der Waals surface area contributed by atoms with Gasteiger partial charge in [-0.1, -0.05) is 62.7 Å². The molecule has 0 saturated carbocycles. The first-order valence-electron chi connectivity index (χ1n) is 8.75. The molecule has 0 bridgehead atoms. The lowest BCUT2D eigenvalue weighted by atomic mass is 10.1. The number of nitrogens with two attached hydrogens (primary N) is 1. The lowest BCUT2D eigenvalue weighted by molar-refractivity contribution is -0.129. The van der Waals surface area contributed by atoms with Crippen molar-refractivity contribution in [2.75, 3.05) is 24.7 Å². The molecule has 1 amide bonds. The Kier molecular flexibility index (Phi) is 7.82. The molecule has 0 spiro atoms. The van der Waals surface area contributed by atoms with E-state index in [2.05, 4.69) is 37.9 Å². The molecule has 1 heterocycles. The van der Waals surface area contributed by atoms with E-state index in [1.54, 1.807) is 18.2 Å². The van der Waals surface area contributed by atoms with Crippen LogP contribution in [-0.2, 0) is 4.79 Å². The first-order valence-corrected chi connectivity index (χ1v) is 10.5. The molecule has 0 fully saturated rings. The van der Waals surface area contributed by atoms with Gasteiger partial charge < -0.3 is 10.7 Å². The Hall–Kier alpha value is -1.44. The summed E-state index contributed by atoms with van der Waals surface area (Å²) in [5.74, 6) is 7.65. The first-order chi connectivity index (χ1) is 12.7. The molecule has 0 unspecified atom stereocenters. The Morgan fingerprint density at radius 3 is 2.41 bits per heavy atom. The van der Waals surface area contributed by atoms with Crippen LogP contribution in [0.1, 0.15) is 27.7 Å². The number of carbonyl (C=O) groups excluding carboxylic acids is 1. The SMILES string of the molecule is CC(C)CN(CC(C)C)C(=O)CSc1nnc(-c2cc(Cl)ccc2Cl)n1N. The maximum atomic E-state index is 12.6. The lowest BCUT2D eigenvalue weighted by Crippen LogP contribution is -2.38. The van der Waals surface area contributed by atoms with Crippen LogP contribution in [0, 0.1) is 11.8 Å². The molecule has 148 valence electrons. The predicted octanol–water partition coefficient (Wildman–Crippen LogP) is 4.20. The van der Waals surface area contributed by atoms with Gasteiger partial charge in [0.25, 0.3) is 0 Å². The standard InChI is InChI=1S/C18H25Cl2N5OS/c1-11(2)8-24(9-12(3)4)16(26)10-27-18-23-22-17(25(18)21)14-7-13(19)5-6-15(14)20/h5-7,11-12H,8-10,21H2,1-4H3. The van der Waals surface area contributed by atoms with Crippen molar-refractivity contribution in [3.8, 4) is 11.4 Å². The number of amides is 1. The average Bonchev–Trinajstić information content (AvgIpc) is 2.94. The minimum absolute atomic E-state index is 0.0627. The van der Waals surface area contributed by atoms with Gasteiger partial charge in [-0.25, -0.2) is 4.68 Å². The van der Waals surface area contributed by atoms with Crippen LogP contribution in [0.3, 0.4) is 0 Å². The van der Waals surface area contributed by atoms with Crippen LogP contribution in [0.4, 0.5) is 0 Å². The van der Waals surface area contributed by atoms with E-state index in [9.17, 15) is 4.79 Å². The van der Waals surface area contributed by atoms with Crippen LogP contribution in [0.25, 0.3) is 11.4 Å². The van der Waals surface area contributed by atoms with Crippen molar-refractivity contribution >= 4 is 40.9 Å². The quantitative estimate of drug-likeness (QED) is 0.502. The number of carbonyl (C=O) groups is 1. The summed E-state index contributed by atoms with van der Waals surface area (Å²) in [7, 11) is 0. The molecule has 1 aromatic heterocycles. The van der Waals surface area contributed by atoms with Gasteiger partial charge in [0.1, 0.15) is 0 Å². The van der Waals surface area contributed by atoms with Gasteiger partial charge in [-0.15, -0.1) is 10.2 Å². The number of halogens is 2. The zero-order valence-corrected chi connectivity index (χ0v) is 18.3.